The summed E-state index contributed by atoms with van der Waals surface area (Å²) < 4.78 is 26.1. The summed E-state index contributed by atoms with van der Waals surface area (Å²) >= 11 is 0. The normalized spacial score (nSPS) is 9.61. The molecule has 18 heavy (non-hydrogen) atoms. The number of rotatable bonds is 3. The van der Waals surface area contributed by atoms with Crippen LogP contribution in [0.1, 0.15) is 12.8 Å². The lowest BCUT2D eigenvalue weighted by atomic mass is 10.2. The smallest absolute Gasteiger partial charge is 0.418 e. The second kappa shape index (κ2) is 5.77. The average molecular weight is 253 g/mol. The van der Waals surface area contributed by atoms with E-state index in [2.05, 4.69) is 5.92 Å². The van der Waals surface area contributed by atoms with Crippen LogP contribution in [0.15, 0.2) is 18.2 Å². The van der Waals surface area contributed by atoms with Crippen LogP contribution in [0.4, 0.5) is 19.3 Å². The first kappa shape index (κ1) is 13.6. The lowest BCUT2D eigenvalue weighted by molar-refractivity contribution is -0.118. The van der Waals surface area contributed by atoms with E-state index < -0.39 is 29.3 Å². The number of anilines is 1. The third-order valence-corrected chi connectivity index (χ3v) is 2.07. The molecule has 0 aliphatic rings. The molecule has 1 rings (SSSR count). The highest BCUT2D eigenvalue weighted by atomic mass is 19.1. The molecule has 0 unspecified atom stereocenters. The topological polar surface area (TPSA) is 57.6 Å². The predicted octanol–water partition coefficient (Wildman–Crippen LogP) is 2.39. The molecule has 0 bridgehead atoms. The number of benzene rings is 1. The molecule has 0 spiro atoms. The Labute approximate surface area is 102 Å². The summed E-state index contributed by atoms with van der Waals surface area (Å²) in [6.07, 6.45) is 3.10. The Morgan fingerprint density at radius 1 is 1.39 bits per heavy atom. The van der Waals surface area contributed by atoms with Crippen LogP contribution in [0.25, 0.3) is 0 Å². The van der Waals surface area contributed by atoms with Crippen molar-refractivity contribution in [3.8, 4) is 12.3 Å². The minimum absolute atomic E-state index is 0.0332. The zero-order valence-corrected chi connectivity index (χ0v) is 9.19. The summed E-state index contributed by atoms with van der Waals surface area (Å²) in [5.74, 6) is -0.692. The van der Waals surface area contributed by atoms with Crippen LogP contribution in [0.2, 0.25) is 0 Å². The predicted molar refractivity (Wildman–Crippen MR) is 59.9 cm³/mol. The third-order valence-electron chi connectivity index (χ3n) is 2.07. The van der Waals surface area contributed by atoms with Crippen LogP contribution in [0.3, 0.4) is 0 Å². The highest BCUT2D eigenvalue weighted by molar-refractivity contribution is 6.11. The van der Waals surface area contributed by atoms with Gasteiger partial charge in [0.2, 0.25) is 5.91 Å². The van der Waals surface area contributed by atoms with Crippen molar-refractivity contribution in [1.29, 1.82) is 0 Å². The Hall–Kier alpha value is -2.42. The molecule has 0 aliphatic carbocycles. The number of nitrogens with zero attached hydrogens (tertiary/aromatic N) is 1. The van der Waals surface area contributed by atoms with E-state index in [4.69, 9.17) is 11.5 Å². The maximum absolute atomic E-state index is 13.4. The third kappa shape index (κ3) is 3.04. The van der Waals surface area contributed by atoms with Crippen molar-refractivity contribution in [3.63, 3.8) is 0 Å². The maximum atomic E-state index is 13.4. The molecule has 0 radical (unpaired) electrons. The number of hydrogen-bond donors (Lipinski definition) is 1. The van der Waals surface area contributed by atoms with Crippen LogP contribution in [0.5, 0.6) is 0 Å². The van der Waals surface area contributed by atoms with Crippen molar-refractivity contribution in [2.45, 2.75) is 12.8 Å². The van der Waals surface area contributed by atoms with Crippen molar-refractivity contribution in [3.05, 3.63) is 29.8 Å². The van der Waals surface area contributed by atoms with Crippen LogP contribution >= 0.6 is 0 Å². The number of carbonyl (C=O) groups is 2. The van der Waals surface area contributed by atoms with Gasteiger partial charge in [-0.15, -0.1) is 12.3 Å². The highest BCUT2D eigenvalue weighted by Gasteiger charge is 2.25. The number of amides is 2. The molecular weight excluding hydrogens is 244 g/mol. The van der Waals surface area contributed by atoms with Crippen molar-refractivity contribution in [2.75, 3.05) is 4.90 Å². The first-order chi connectivity index (χ1) is 8.47. The molecule has 0 fully saturated rings. The molecule has 0 atom stereocenters. The molecule has 6 heteroatoms. The number of terminal acetylenes is 1. The number of hydrogen-bond acceptors (Lipinski definition) is 2. The van der Waals surface area contributed by atoms with Gasteiger partial charge in [-0.3, -0.25) is 4.79 Å². The van der Waals surface area contributed by atoms with Gasteiger partial charge < -0.3 is 5.11 Å². The Kier molecular flexibility index (Phi) is 4.38. The van der Waals surface area contributed by atoms with Crippen LogP contribution in [-0.2, 0) is 4.79 Å². The second-order valence-corrected chi connectivity index (χ2v) is 3.31. The molecule has 0 aromatic heterocycles. The van der Waals surface area contributed by atoms with Crippen LogP contribution in [0, 0.1) is 24.0 Å². The summed E-state index contributed by atoms with van der Waals surface area (Å²) in [7, 11) is 0. The fraction of sp³-hybridized carbons (Fsp3) is 0.167. The summed E-state index contributed by atoms with van der Waals surface area (Å²) in [6.45, 7) is 0. The van der Waals surface area contributed by atoms with Crippen molar-refractivity contribution in [2.24, 2.45) is 0 Å². The lowest BCUT2D eigenvalue weighted by Gasteiger charge is -2.17. The van der Waals surface area contributed by atoms with E-state index in [1.165, 1.54) is 0 Å². The Morgan fingerprint density at radius 3 is 2.56 bits per heavy atom. The Bertz CT molecular complexity index is 523. The molecule has 1 N–H and O–H groups in total. The molecule has 0 saturated carbocycles. The summed E-state index contributed by atoms with van der Waals surface area (Å²) in [6, 6.07) is 2.25. The number of halogens is 2. The van der Waals surface area contributed by atoms with Gasteiger partial charge in [0.1, 0.15) is 11.6 Å². The van der Waals surface area contributed by atoms with E-state index in [0.717, 1.165) is 12.1 Å². The fourth-order valence-electron chi connectivity index (χ4n) is 1.30. The van der Waals surface area contributed by atoms with Gasteiger partial charge >= 0.3 is 6.09 Å². The van der Waals surface area contributed by atoms with E-state index in [-0.39, 0.29) is 17.7 Å². The van der Waals surface area contributed by atoms with Crippen molar-refractivity contribution < 1.29 is 23.5 Å². The van der Waals surface area contributed by atoms with Gasteiger partial charge in [0.25, 0.3) is 0 Å². The van der Waals surface area contributed by atoms with Crippen molar-refractivity contribution in [1.82, 2.24) is 0 Å². The number of carboxylic acid groups (broad SMARTS) is 1. The molecule has 0 saturated heterocycles. The van der Waals surface area contributed by atoms with Gasteiger partial charge in [-0.25, -0.2) is 18.5 Å². The van der Waals surface area contributed by atoms with Gasteiger partial charge in [-0.2, -0.15) is 0 Å². The van der Waals surface area contributed by atoms with Crippen LogP contribution < -0.4 is 4.90 Å². The largest absolute Gasteiger partial charge is 0.464 e. The minimum atomic E-state index is -1.65. The summed E-state index contributed by atoms with van der Waals surface area (Å²) in [5, 5.41) is 8.88. The molecule has 2 amide bonds. The van der Waals surface area contributed by atoms with E-state index in [1.54, 1.807) is 0 Å². The summed E-state index contributed by atoms with van der Waals surface area (Å²) in [4.78, 5) is 22.7. The lowest BCUT2D eigenvalue weighted by Crippen LogP contribution is -2.36. The molecule has 0 heterocycles. The van der Waals surface area contributed by atoms with Crippen molar-refractivity contribution >= 4 is 17.7 Å². The van der Waals surface area contributed by atoms with Gasteiger partial charge in [0.15, 0.2) is 0 Å². The van der Waals surface area contributed by atoms with Gasteiger partial charge in [0, 0.05) is 18.9 Å². The standard InChI is InChI=1S/C12H9F2NO3/c1-2-3-4-11(16)15(12(17)18)10-6-5-8(13)7-9(10)14/h1,5-7H,3-4H2,(H,17,18). The zero-order chi connectivity index (χ0) is 13.7. The number of imide groups is 1. The van der Waals surface area contributed by atoms with E-state index in [9.17, 15) is 18.4 Å². The SMILES string of the molecule is C#CCCC(=O)N(C(=O)O)c1ccc(F)cc1F. The average Bonchev–Trinajstić information content (AvgIpc) is 2.29. The van der Waals surface area contributed by atoms with Crippen LogP contribution in [-0.4, -0.2) is 17.1 Å². The first-order valence-electron chi connectivity index (χ1n) is 4.91. The Balaban J connectivity index is 3.09. The summed E-state index contributed by atoms with van der Waals surface area (Å²) in [5.41, 5.74) is -0.522. The van der Waals surface area contributed by atoms with E-state index in [0.29, 0.717) is 6.07 Å². The van der Waals surface area contributed by atoms with E-state index in [1.807, 2.05) is 0 Å². The van der Waals surface area contributed by atoms with Gasteiger partial charge in [-0.05, 0) is 12.1 Å². The first-order valence-corrected chi connectivity index (χ1v) is 4.91. The molecule has 4 nitrogen and oxygen atoms in total. The fourth-order valence-corrected chi connectivity index (χ4v) is 1.30. The molecule has 94 valence electrons. The highest BCUT2D eigenvalue weighted by Crippen LogP contribution is 2.21. The minimum Gasteiger partial charge on any atom is -0.464 e. The molecular formula is C12H9F2NO3. The molecule has 1 aromatic rings. The second-order valence-electron chi connectivity index (χ2n) is 3.31. The van der Waals surface area contributed by atoms with E-state index >= 15 is 0 Å². The number of carbonyl (C=O) groups excluding carboxylic acids is 1. The monoisotopic (exact) mass is 253 g/mol. The molecule has 1 aromatic carbocycles. The van der Waals surface area contributed by atoms with Gasteiger partial charge in [-0.1, -0.05) is 0 Å². The zero-order valence-electron chi connectivity index (χ0n) is 9.19. The van der Waals surface area contributed by atoms with Gasteiger partial charge in [0.05, 0.1) is 5.69 Å². The maximum Gasteiger partial charge on any atom is 0.418 e. The quantitative estimate of drug-likeness (QED) is 0.841. The molecule has 0 aliphatic heterocycles. The Morgan fingerprint density at radius 2 is 2.06 bits per heavy atom.